The minimum absolute atomic E-state index is 0.319. The summed E-state index contributed by atoms with van der Waals surface area (Å²) in [6.07, 6.45) is 8.95. The van der Waals surface area contributed by atoms with Crippen LogP contribution in [0.25, 0.3) is 0 Å². The molecular weight excluding hydrogens is 348 g/mol. The predicted molar refractivity (Wildman–Crippen MR) is 115 cm³/mol. The molecule has 28 heavy (non-hydrogen) atoms. The Morgan fingerprint density at radius 2 is 1.54 bits per heavy atom. The van der Waals surface area contributed by atoms with Crippen molar-refractivity contribution in [2.24, 2.45) is 0 Å². The van der Waals surface area contributed by atoms with Crippen LogP contribution in [0.4, 0.5) is 4.79 Å². The number of benzene rings is 2. The molecule has 152 valence electrons. The lowest BCUT2D eigenvalue weighted by Gasteiger charge is -2.21. The van der Waals surface area contributed by atoms with Gasteiger partial charge in [-0.1, -0.05) is 100 Å². The highest BCUT2D eigenvalue weighted by Gasteiger charge is 2.16. The van der Waals surface area contributed by atoms with Crippen LogP contribution in [0.1, 0.15) is 80.9 Å². The van der Waals surface area contributed by atoms with Crippen molar-refractivity contribution in [3.8, 4) is 0 Å². The summed E-state index contributed by atoms with van der Waals surface area (Å²) < 4.78 is 4.55. The lowest BCUT2D eigenvalue weighted by atomic mass is 9.83. The summed E-state index contributed by atoms with van der Waals surface area (Å²) >= 11 is 0. The molecule has 2 aromatic rings. The van der Waals surface area contributed by atoms with Gasteiger partial charge in [-0.2, -0.15) is 0 Å². The highest BCUT2D eigenvalue weighted by Crippen LogP contribution is 2.32. The summed E-state index contributed by atoms with van der Waals surface area (Å²) in [7, 11) is 0. The molecule has 0 aliphatic heterocycles. The van der Waals surface area contributed by atoms with Gasteiger partial charge in [0.15, 0.2) is 0 Å². The quantitative estimate of drug-likeness (QED) is 0.294. The van der Waals surface area contributed by atoms with Crippen molar-refractivity contribution in [1.29, 1.82) is 0 Å². The third-order valence-electron chi connectivity index (χ3n) is 5.26. The molecule has 2 rings (SSSR count). The summed E-state index contributed by atoms with van der Waals surface area (Å²) in [5.41, 5.74) is 4.38. The zero-order chi connectivity index (χ0) is 20.0. The second-order valence-corrected chi connectivity index (χ2v) is 7.44. The number of rotatable bonds is 13. The van der Waals surface area contributed by atoms with E-state index in [9.17, 15) is 4.79 Å². The Hall–Kier alpha value is -2.29. The van der Waals surface area contributed by atoms with E-state index in [0.29, 0.717) is 12.5 Å². The largest absolute Gasteiger partial charge is 0.505 e. The Bertz CT molecular complexity index is 681. The van der Waals surface area contributed by atoms with E-state index in [4.69, 9.17) is 5.11 Å². The van der Waals surface area contributed by atoms with Gasteiger partial charge in [0.1, 0.15) is 0 Å². The van der Waals surface area contributed by atoms with Crippen molar-refractivity contribution in [3.05, 3.63) is 71.3 Å². The van der Waals surface area contributed by atoms with Gasteiger partial charge in [0.05, 0.1) is 6.61 Å². The molecule has 0 aromatic heterocycles. The molecule has 0 saturated heterocycles. The Morgan fingerprint density at radius 1 is 0.893 bits per heavy atom. The fourth-order valence-corrected chi connectivity index (χ4v) is 3.88. The van der Waals surface area contributed by atoms with Crippen molar-refractivity contribution < 1.29 is 14.6 Å². The zero-order valence-corrected chi connectivity index (χ0v) is 17.1. The van der Waals surface area contributed by atoms with E-state index in [1.807, 2.05) is 0 Å². The zero-order valence-electron chi connectivity index (χ0n) is 17.1. The fraction of sp³-hybridized carbons (Fsp3) is 0.480. The van der Waals surface area contributed by atoms with E-state index in [2.05, 4.69) is 66.3 Å². The van der Waals surface area contributed by atoms with Gasteiger partial charge >= 0.3 is 6.16 Å². The molecule has 0 amide bonds. The lowest BCUT2D eigenvalue weighted by Crippen LogP contribution is -2.05. The summed E-state index contributed by atoms with van der Waals surface area (Å²) in [6.45, 7) is 2.56. The average molecular weight is 383 g/mol. The molecule has 0 spiro atoms. The number of hydrogen-bond donors (Lipinski definition) is 1. The number of carboxylic acid groups (broad SMARTS) is 1. The van der Waals surface area contributed by atoms with E-state index in [1.165, 1.54) is 48.8 Å². The van der Waals surface area contributed by atoms with Crippen LogP contribution in [0.3, 0.4) is 0 Å². The molecule has 0 radical (unpaired) electrons. The van der Waals surface area contributed by atoms with Crippen molar-refractivity contribution in [2.75, 3.05) is 6.61 Å². The van der Waals surface area contributed by atoms with Crippen LogP contribution >= 0.6 is 0 Å². The fourth-order valence-electron chi connectivity index (χ4n) is 3.88. The molecule has 0 aliphatic rings. The summed E-state index contributed by atoms with van der Waals surface area (Å²) in [5, 5.41) is 8.46. The number of aryl methyl sites for hydroxylation is 1. The van der Waals surface area contributed by atoms with Crippen LogP contribution < -0.4 is 0 Å². The molecule has 0 saturated carbocycles. The van der Waals surface area contributed by atoms with Crippen molar-refractivity contribution >= 4 is 6.16 Å². The second-order valence-electron chi connectivity index (χ2n) is 7.44. The third-order valence-corrected chi connectivity index (χ3v) is 5.26. The van der Waals surface area contributed by atoms with Crippen LogP contribution in [-0.4, -0.2) is 17.9 Å². The number of unbranched alkanes of at least 4 members (excludes halogenated alkanes) is 5. The Balaban J connectivity index is 1.86. The maximum atomic E-state index is 10.3. The van der Waals surface area contributed by atoms with Gasteiger partial charge < -0.3 is 9.84 Å². The monoisotopic (exact) mass is 382 g/mol. The van der Waals surface area contributed by atoms with E-state index in [1.54, 1.807) is 0 Å². The average Bonchev–Trinajstić information content (AvgIpc) is 2.71. The van der Waals surface area contributed by atoms with Crippen LogP contribution in [-0.2, 0) is 11.2 Å². The van der Waals surface area contributed by atoms with E-state index >= 15 is 0 Å². The van der Waals surface area contributed by atoms with Crippen molar-refractivity contribution in [3.63, 3.8) is 0 Å². The van der Waals surface area contributed by atoms with Crippen LogP contribution in [0.5, 0.6) is 0 Å². The van der Waals surface area contributed by atoms with E-state index in [0.717, 1.165) is 25.7 Å². The molecule has 0 fully saturated rings. The van der Waals surface area contributed by atoms with Crippen LogP contribution in [0.2, 0.25) is 0 Å². The van der Waals surface area contributed by atoms with E-state index in [-0.39, 0.29) is 0 Å². The van der Waals surface area contributed by atoms with Gasteiger partial charge in [0, 0.05) is 5.92 Å². The number of ether oxygens (including phenoxy) is 1. The third kappa shape index (κ3) is 7.75. The molecule has 1 unspecified atom stereocenters. The number of hydrogen-bond acceptors (Lipinski definition) is 2. The summed E-state index contributed by atoms with van der Waals surface area (Å²) in [6, 6.07) is 19.8. The van der Waals surface area contributed by atoms with Gasteiger partial charge in [-0.25, -0.2) is 4.79 Å². The summed E-state index contributed by atoms with van der Waals surface area (Å²) in [5.74, 6) is 0.466. The van der Waals surface area contributed by atoms with Crippen LogP contribution in [0.15, 0.2) is 54.6 Å². The van der Waals surface area contributed by atoms with Crippen molar-refractivity contribution in [2.45, 2.75) is 70.6 Å². The summed E-state index contributed by atoms with van der Waals surface area (Å²) in [4.78, 5) is 10.3. The molecule has 0 aliphatic carbocycles. The van der Waals surface area contributed by atoms with Gasteiger partial charge in [-0.05, 0) is 36.0 Å². The van der Waals surface area contributed by atoms with E-state index < -0.39 is 6.16 Å². The molecule has 0 heterocycles. The molecule has 1 atom stereocenters. The molecule has 2 aromatic carbocycles. The minimum Gasteiger partial charge on any atom is -0.450 e. The SMILES string of the molecule is CCCc1ccccc1C(CCCCCCCCOC(=O)O)c1ccccc1. The first-order valence-electron chi connectivity index (χ1n) is 10.7. The van der Waals surface area contributed by atoms with Gasteiger partial charge in [0.2, 0.25) is 0 Å². The smallest absolute Gasteiger partial charge is 0.450 e. The predicted octanol–water partition coefficient (Wildman–Crippen LogP) is 7.20. The Morgan fingerprint density at radius 3 is 2.25 bits per heavy atom. The molecular formula is C25H34O3. The standard InChI is InChI=1S/C25H34O3/c1-2-14-21-17-11-12-19-23(21)24(22-15-8-7-9-16-22)18-10-5-3-4-6-13-20-28-25(26)27/h7-9,11-12,15-17,19,24H,2-6,10,13-14,18,20H2,1H3,(H,26,27). The molecule has 0 bridgehead atoms. The Labute approximate surface area is 169 Å². The first-order chi connectivity index (χ1) is 13.7. The van der Waals surface area contributed by atoms with Crippen molar-refractivity contribution in [1.82, 2.24) is 0 Å². The topological polar surface area (TPSA) is 46.5 Å². The molecule has 3 nitrogen and oxygen atoms in total. The molecule has 3 heteroatoms. The normalized spacial score (nSPS) is 11.9. The first kappa shape index (κ1) is 22.0. The van der Waals surface area contributed by atoms with Crippen LogP contribution in [0, 0.1) is 0 Å². The first-order valence-corrected chi connectivity index (χ1v) is 10.7. The lowest BCUT2D eigenvalue weighted by molar-refractivity contribution is 0.0899. The highest BCUT2D eigenvalue weighted by atomic mass is 16.7. The van der Waals surface area contributed by atoms with Gasteiger partial charge in [-0.15, -0.1) is 0 Å². The molecule has 1 N–H and O–H groups in total. The second kappa shape index (κ2) is 13.0. The minimum atomic E-state index is -1.17. The maximum Gasteiger partial charge on any atom is 0.505 e. The maximum absolute atomic E-state index is 10.3. The highest BCUT2D eigenvalue weighted by molar-refractivity contribution is 5.56. The number of carbonyl (C=O) groups is 1. The Kier molecular flexibility index (Phi) is 10.2. The van der Waals surface area contributed by atoms with Gasteiger partial charge in [0.25, 0.3) is 0 Å². The van der Waals surface area contributed by atoms with Gasteiger partial charge in [-0.3, -0.25) is 0 Å².